The van der Waals surface area contributed by atoms with Crippen LogP contribution < -0.4 is 15.8 Å². The molecule has 0 spiro atoms. The highest BCUT2D eigenvalue weighted by atomic mass is 35.5. The molecule has 5 heteroatoms. The topological polar surface area (TPSA) is 64.3 Å². The van der Waals surface area contributed by atoms with Crippen molar-refractivity contribution >= 4 is 18.3 Å². The van der Waals surface area contributed by atoms with E-state index in [9.17, 15) is 4.79 Å². The molecule has 0 heterocycles. The normalized spacial score (nSPS) is 27.3. The summed E-state index contributed by atoms with van der Waals surface area (Å²) in [6.07, 6.45) is 8.21. The fourth-order valence-corrected chi connectivity index (χ4v) is 4.51. The molecule has 3 N–H and O–H groups in total. The van der Waals surface area contributed by atoms with Crippen LogP contribution in [0.25, 0.3) is 0 Å². The highest BCUT2D eigenvalue weighted by Crippen LogP contribution is 2.39. The Morgan fingerprint density at radius 1 is 1.19 bits per heavy atom. The van der Waals surface area contributed by atoms with Crippen LogP contribution in [0, 0.1) is 11.8 Å². The fraction of sp³-hybridized carbons (Fsp3) is 0.667. The zero-order valence-electron chi connectivity index (χ0n) is 15.8. The van der Waals surface area contributed by atoms with Crippen LogP contribution in [0.1, 0.15) is 57.4 Å². The van der Waals surface area contributed by atoms with Gasteiger partial charge in [0.15, 0.2) is 0 Å². The molecule has 0 saturated heterocycles. The summed E-state index contributed by atoms with van der Waals surface area (Å²) in [5.74, 6) is 2.26. The maximum atomic E-state index is 12.4. The van der Waals surface area contributed by atoms with E-state index in [2.05, 4.69) is 24.4 Å². The monoisotopic (exact) mass is 380 g/mol. The molecule has 2 aliphatic rings. The summed E-state index contributed by atoms with van der Waals surface area (Å²) >= 11 is 0. The van der Waals surface area contributed by atoms with Crippen molar-refractivity contribution in [3.8, 4) is 5.75 Å². The summed E-state index contributed by atoms with van der Waals surface area (Å²) in [5.41, 5.74) is 7.36. The number of nitrogens with two attached hydrogens (primary N) is 1. The number of hydrogen-bond donors (Lipinski definition) is 2. The van der Waals surface area contributed by atoms with Crippen molar-refractivity contribution in [2.24, 2.45) is 17.6 Å². The van der Waals surface area contributed by atoms with Gasteiger partial charge in [-0.1, -0.05) is 25.5 Å². The van der Waals surface area contributed by atoms with Gasteiger partial charge in [0.2, 0.25) is 5.91 Å². The lowest BCUT2D eigenvalue weighted by molar-refractivity contribution is -0.123. The predicted molar refractivity (Wildman–Crippen MR) is 108 cm³/mol. The van der Waals surface area contributed by atoms with Crippen molar-refractivity contribution in [2.45, 2.75) is 70.4 Å². The SMILES string of the molecule is CCCOc1ccc(CCC(=O)NC2C3CCCC2CC(N)C3)cc1.Cl. The van der Waals surface area contributed by atoms with E-state index in [4.69, 9.17) is 10.5 Å². The minimum atomic E-state index is 0. The number of nitrogens with one attached hydrogen (secondary N) is 1. The summed E-state index contributed by atoms with van der Waals surface area (Å²) in [6.45, 7) is 2.84. The molecule has 0 radical (unpaired) electrons. The molecule has 1 aromatic rings. The number of aryl methyl sites for hydroxylation is 1. The van der Waals surface area contributed by atoms with Gasteiger partial charge in [-0.3, -0.25) is 4.79 Å². The number of carbonyl (C=O) groups is 1. The first-order valence-corrected chi connectivity index (χ1v) is 9.92. The van der Waals surface area contributed by atoms with Crippen molar-refractivity contribution < 1.29 is 9.53 Å². The molecule has 146 valence electrons. The van der Waals surface area contributed by atoms with Crippen LogP contribution in [0.5, 0.6) is 5.75 Å². The molecule has 2 atom stereocenters. The van der Waals surface area contributed by atoms with Gasteiger partial charge in [0.05, 0.1) is 6.61 Å². The highest BCUT2D eigenvalue weighted by molar-refractivity contribution is 5.85. The maximum Gasteiger partial charge on any atom is 0.220 e. The average molecular weight is 381 g/mol. The fourth-order valence-electron chi connectivity index (χ4n) is 4.51. The molecule has 1 aromatic carbocycles. The predicted octanol–water partition coefficient (Wildman–Crippen LogP) is 3.85. The standard InChI is InChI=1S/C21H32N2O2.ClH/c1-2-12-25-19-9-6-15(7-10-19)8-11-20(24)23-21-16-4-3-5-17(21)14-18(22)13-16;/h6-7,9-10,16-18,21H,2-5,8,11-14,22H2,1H3,(H,23,24);1H. The third-order valence-electron chi connectivity index (χ3n) is 5.74. The quantitative estimate of drug-likeness (QED) is 0.755. The third-order valence-corrected chi connectivity index (χ3v) is 5.74. The van der Waals surface area contributed by atoms with Crippen molar-refractivity contribution in [3.63, 3.8) is 0 Å². The number of rotatable bonds is 7. The second-order valence-electron chi connectivity index (χ2n) is 7.77. The van der Waals surface area contributed by atoms with E-state index in [0.29, 0.717) is 30.3 Å². The molecule has 26 heavy (non-hydrogen) atoms. The second kappa shape index (κ2) is 10.2. The molecule has 4 nitrogen and oxygen atoms in total. The van der Waals surface area contributed by atoms with Gasteiger partial charge in [-0.05, 0) is 68.1 Å². The van der Waals surface area contributed by atoms with E-state index < -0.39 is 0 Å². The van der Waals surface area contributed by atoms with Gasteiger partial charge in [0.25, 0.3) is 0 Å². The molecule has 2 aliphatic carbocycles. The Labute approximate surface area is 163 Å². The Morgan fingerprint density at radius 2 is 1.85 bits per heavy atom. The summed E-state index contributed by atoms with van der Waals surface area (Å²) in [5, 5.41) is 3.33. The number of halogens is 1. The third kappa shape index (κ3) is 5.62. The van der Waals surface area contributed by atoms with E-state index >= 15 is 0 Å². The molecule has 0 aliphatic heterocycles. The molecule has 1 amide bonds. The summed E-state index contributed by atoms with van der Waals surface area (Å²) in [4.78, 5) is 12.4. The molecule has 2 saturated carbocycles. The average Bonchev–Trinajstić information content (AvgIpc) is 2.60. The first kappa shape index (κ1) is 21.0. The number of hydrogen-bond acceptors (Lipinski definition) is 3. The van der Waals surface area contributed by atoms with Gasteiger partial charge >= 0.3 is 0 Å². The van der Waals surface area contributed by atoms with E-state index in [1.54, 1.807) is 0 Å². The number of benzene rings is 1. The zero-order valence-corrected chi connectivity index (χ0v) is 16.6. The lowest BCUT2D eigenvalue weighted by Crippen LogP contribution is -2.53. The Hall–Kier alpha value is -1.26. The van der Waals surface area contributed by atoms with E-state index in [1.165, 1.54) is 24.8 Å². The first-order valence-electron chi connectivity index (χ1n) is 9.92. The molecule has 2 fully saturated rings. The molecule has 2 unspecified atom stereocenters. The zero-order chi connectivity index (χ0) is 17.6. The van der Waals surface area contributed by atoms with E-state index in [0.717, 1.165) is 38.0 Å². The van der Waals surface area contributed by atoms with Crippen LogP contribution in [0.15, 0.2) is 24.3 Å². The van der Waals surface area contributed by atoms with Gasteiger partial charge in [-0.15, -0.1) is 12.4 Å². The Bertz CT molecular complexity index is 550. The van der Waals surface area contributed by atoms with Crippen LogP contribution in [0.3, 0.4) is 0 Å². The van der Waals surface area contributed by atoms with Crippen molar-refractivity contribution in [1.82, 2.24) is 5.32 Å². The van der Waals surface area contributed by atoms with Gasteiger partial charge in [0.1, 0.15) is 5.75 Å². The van der Waals surface area contributed by atoms with Crippen molar-refractivity contribution in [2.75, 3.05) is 6.61 Å². The van der Waals surface area contributed by atoms with E-state index in [1.807, 2.05) is 12.1 Å². The van der Waals surface area contributed by atoms with Gasteiger partial charge in [-0.25, -0.2) is 0 Å². The van der Waals surface area contributed by atoms with Gasteiger partial charge in [-0.2, -0.15) is 0 Å². The Balaban J connectivity index is 0.00000243. The van der Waals surface area contributed by atoms with Crippen molar-refractivity contribution in [3.05, 3.63) is 29.8 Å². The van der Waals surface area contributed by atoms with Crippen LogP contribution >= 0.6 is 12.4 Å². The number of ether oxygens (including phenoxy) is 1. The highest BCUT2D eigenvalue weighted by Gasteiger charge is 2.39. The second-order valence-corrected chi connectivity index (χ2v) is 7.77. The molecular weight excluding hydrogens is 348 g/mol. The van der Waals surface area contributed by atoms with Crippen LogP contribution in [0.4, 0.5) is 0 Å². The van der Waals surface area contributed by atoms with Crippen molar-refractivity contribution in [1.29, 1.82) is 0 Å². The van der Waals surface area contributed by atoms with Crippen LogP contribution in [-0.2, 0) is 11.2 Å². The largest absolute Gasteiger partial charge is 0.494 e. The van der Waals surface area contributed by atoms with Gasteiger partial charge < -0.3 is 15.8 Å². The van der Waals surface area contributed by atoms with Gasteiger partial charge in [0, 0.05) is 18.5 Å². The summed E-state index contributed by atoms with van der Waals surface area (Å²) in [6, 6.07) is 8.80. The maximum absolute atomic E-state index is 12.4. The summed E-state index contributed by atoms with van der Waals surface area (Å²) < 4.78 is 5.60. The molecule has 3 rings (SSSR count). The lowest BCUT2D eigenvalue weighted by Gasteiger charge is -2.45. The number of carbonyl (C=O) groups excluding carboxylic acids is 1. The molecule has 2 bridgehead atoms. The van der Waals surface area contributed by atoms with E-state index in [-0.39, 0.29) is 18.3 Å². The minimum absolute atomic E-state index is 0. The number of fused-ring (bicyclic) bond motifs is 2. The minimum Gasteiger partial charge on any atom is -0.494 e. The molecule has 0 aromatic heterocycles. The lowest BCUT2D eigenvalue weighted by atomic mass is 9.67. The Morgan fingerprint density at radius 3 is 2.46 bits per heavy atom. The molecular formula is C21H33ClN2O2. The first-order chi connectivity index (χ1) is 12.2. The van der Waals surface area contributed by atoms with Crippen LogP contribution in [0.2, 0.25) is 0 Å². The smallest absolute Gasteiger partial charge is 0.220 e. The summed E-state index contributed by atoms with van der Waals surface area (Å²) in [7, 11) is 0. The number of amides is 1. The Kier molecular flexibility index (Phi) is 8.23. The van der Waals surface area contributed by atoms with Crippen LogP contribution in [-0.4, -0.2) is 24.6 Å².